The van der Waals surface area contributed by atoms with E-state index in [0.717, 1.165) is 48.9 Å². The van der Waals surface area contributed by atoms with Crippen molar-refractivity contribution >= 4 is 0 Å². The van der Waals surface area contributed by atoms with Crippen molar-refractivity contribution in [1.82, 2.24) is 0 Å². The van der Waals surface area contributed by atoms with Gasteiger partial charge in [0, 0.05) is 0 Å². The number of rotatable bonds is 6. The van der Waals surface area contributed by atoms with Gasteiger partial charge in [-0.3, -0.25) is 0 Å². The lowest BCUT2D eigenvalue weighted by Gasteiger charge is -2.58. The second-order valence-corrected chi connectivity index (χ2v) is 12.3. The molecule has 4 rings (SSSR count). The van der Waals surface area contributed by atoms with Crippen molar-refractivity contribution in [2.45, 2.75) is 111 Å². The van der Waals surface area contributed by atoms with E-state index < -0.39 is 0 Å². The molecule has 30 heavy (non-hydrogen) atoms. The molecule has 0 aromatic carbocycles. The predicted octanol–water partition coefficient (Wildman–Crippen LogP) is 5.61. The van der Waals surface area contributed by atoms with Gasteiger partial charge in [0.1, 0.15) is 0 Å². The quantitative estimate of drug-likeness (QED) is 0.389. The Morgan fingerprint density at radius 3 is 2.53 bits per heavy atom. The lowest BCUT2D eigenvalue weighted by Crippen LogP contribution is -2.50. The first kappa shape index (κ1) is 22.8. The molecular formula is C27H48N2O. The number of hydrogen-bond donors (Lipinski definition) is 3. The summed E-state index contributed by atoms with van der Waals surface area (Å²) in [6.45, 7) is 9.93. The van der Waals surface area contributed by atoms with Crippen molar-refractivity contribution in [3.05, 3.63) is 11.6 Å². The molecule has 9 atom stereocenters. The number of aliphatic hydroxyl groups excluding tert-OH is 1. The summed E-state index contributed by atoms with van der Waals surface area (Å²) in [7, 11) is 0. The van der Waals surface area contributed by atoms with Crippen LogP contribution in [-0.2, 0) is 0 Å². The average molecular weight is 417 g/mol. The van der Waals surface area contributed by atoms with Gasteiger partial charge < -0.3 is 16.6 Å². The van der Waals surface area contributed by atoms with Gasteiger partial charge >= 0.3 is 0 Å². The molecule has 3 heteroatoms. The molecule has 0 spiro atoms. The molecule has 0 bridgehead atoms. The topological polar surface area (TPSA) is 72.3 Å². The molecule has 1 unspecified atom stereocenters. The van der Waals surface area contributed by atoms with Crippen LogP contribution in [0.1, 0.15) is 98.3 Å². The minimum absolute atomic E-state index is 0.0945. The molecule has 0 aromatic rings. The number of fused-ring (bicyclic) bond motifs is 5. The fourth-order valence-corrected chi connectivity index (χ4v) is 8.77. The largest absolute Gasteiger partial charge is 0.393 e. The fraction of sp³-hybridized carbons (Fsp3) is 0.926. The summed E-state index contributed by atoms with van der Waals surface area (Å²) < 4.78 is 0. The van der Waals surface area contributed by atoms with Crippen molar-refractivity contribution in [3.8, 4) is 0 Å². The molecule has 4 aliphatic rings. The van der Waals surface area contributed by atoms with E-state index in [1.807, 2.05) is 0 Å². The van der Waals surface area contributed by atoms with Crippen LogP contribution in [0, 0.1) is 46.3 Å². The summed E-state index contributed by atoms with van der Waals surface area (Å²) >= 11 is 0. The lowest BCUT2D eigenvalue weighted by atomic mass is 9.47. The van der Waals surface area contributed by atoms with Crippen LogP contribution in [0.3, 0.4) is 0 Å². The van der Waals surface area contributed by atoms with Gasteiger partial charge in [0.2, 0.25) is 0 Å². The Balaban J connectivity index is 1.44. The molecule has 0 amide bonds. The second-order valence-electron chi connectivity index (χ2n) is 12.3. The summed E-state index contributed by atoms with van der Waals surface area (Å²) in [6.07, 6.45) is 16.2. The van der Waals surface area contributed by atoms with Gasteiger partial charge in [-0.2, -0.15) is 0 Å². The molecule has 5 N–H and O–H groups in total. The van der Waals surface area contributed by atoms with Crippen molar-refractivity contribution in [2.24, 2.45) is 57.8 Å². The van der Waals surface area contributed by atoms with E-state index in [2.05, 4.69) is 33.8 Å². The maximum atomic E-state index is 10.2. The number of aliphatic hydroxyl groups is 1. The molecule has 3 saturated carbocycles. The number of hydrogen-bond acceptors (Lipinski definition) is 3. The van der Waals surface area contributed by atoms with E-state index in [-0.39, 0.29) is 12.3 Å². The van der Waals surface area contributed by atoms with E-state index in [4.69, 9.17) is 11.5 Å². The van der Waals surface area contributed by atoms with Gasteiger partial charge in [-0.05, 0) is 104 Å². The highest BCUT2D eigenvalue weighted by atomic mass is 16.3. The Kier molecular flexibility index (Phi) is 6.48. The predicted molar refractivity (Wildman–Crippen MR) is 126 cm³/mol. The third-order valence-corrected chi connectivity index (χ3v) is 10.8. The van der Waals surface area contributed by atoms with Gasteiger partial charge in [-0.1, -0.05) is 52.2 Å². The van der Waals surface area contributed by atoms with Gasteiger partial charge in [-0.25, -0.2) is 0 Å². The highest BCUT2D eigenvalue weighted by Gasteiger charge is 2.59. The Hall–Kier alpha value is -0.380. The SMILES string of the molecule is CC(CCC[C@@H](C)[C@H]1CC[C@H]2[C@@H]3CC=C4C[C@@H](O)CC[C@]4(C)[C@H]3CC[C@]12C)C(N)N. The lowest BCUT2D eigenvalue weighted by molar-refractivity contribution is -0.0573. The maximum absolute atomic E-state index is 10.2. The standard InChI is InChI=1S/C27H48N2O/c1-17(6-5-7-18(2)25(28)29)22-10-11-23-21-9-8-19-16-20(30)12-14-26(19,3)24(21)13-15-27(22,23)4/h8,17-18,20-25,30H,5-7,9-16,28-29H2,1-4H3/t17-,18?,20+,21+,22-,23+,24+,26+,27-/m1/s1. The monoisotopic (exact) mass is 416 g/mol. The van der Waals surface area contributed by atoms with E-state index in [1.165, 1.54) is 51.4 Å². The van der Waals surface area contributed by atoms with Crippen LogP contribution in [0.2, 0.25) is 0 Å². The Morgan fingerprint density at radius 1 is 1.03 bits per heavy atom. The first-order valence-electron chi connectivity index (χ1n) is 13.1. The zero-order chi connectivity index (χ0) is 21.7. The molecule has 3 fully saturated rings. The van der Waals surface area contributed by atoms with Crippen molar-refractivity contribution in [2.75, 3.05) is 0 Å². The molecule has 0 aliphatic heterocycles. The van der Waals surface area contributed by atoms with Crippen LogP contribution in [-0.4, -0.2) is 17.4 Å². The van der Waals surface area contributed by atoms with Crippen LogP contribution in [0.25, 0.3) is 0 Å². The van der Waals surface area contributed by atoms with Crippen LogP contribution in [0.5, 0.6) is 0 Å². The highest BCUT2D eigenvalue weighted by molar-refractivity contribution is 5.25. The highest BCUT2D eigenvalue weighted by Crippen LogP contribution is 2.67. The minimum Gasteiger partial charge on any atom is -0.393 e. The molecular weight excluding hydrogens is 368 g/mol. The van der Waals surface area contributed by atoms with E-state index in [0.29, 0.717) is 16.7 Å². The van der Waals surface area contributed by atoms with E-state index >= 15 is 0 Å². The van der Waals surface area contributed by atoms with Crippen LogP contribution in [0.15, 0.2) is 11.6 Å². The molecule has 0 aromatic heterocycles. The molecule has 0 saturated heterocycles. The molecule has 0 radical (unpaired) electrons. The van der Waals surface area contributed by atoms with Gasteiger partial charge in [0.25, 0.3) is 0 Å². The normalized spacial score (nSPS) is 45.3. The van der Waals surface area contributed by atoms with Gasteiger partial charge in [0.15, 0.2) is 0 Å². The van der Waals surface area contributed by atoms with Crippen molar-refractivity contribution in [1.29, 1.82) is 0 Å². The summed E-state index contributed by atoms with van der Waals surface area (Å²) in [4.78, 5) is 0. The van der Waals surface area contributed by atoms with Gasteiger partial charge in [0.05, 0.1) is 12.3 Å². The fourth-order valence-electron chi connectivity index (χ4n) is 8.77. The van der Waals surface area contributed by atoms with Crippen molar-refractivity contribution < 1.29 is 5.11 Å². The smallest absolute Gasteiger partial charge is 0.0577 e. The minimum atomic E-state index is -0.171. The van der Waals surface area contributed by atoms with Gasteiger partial charge in [-0.15, -0.1) is 0 Å². The number of allylic oxidation sites excluding steroid dienone is 1. The summed E-state index contributed by atoms with van der Waals surface area (Å²) in [5.74, 6) is 4.76. The number of nitrogens with two attached hydrogens (primary N) is 2. The van der Waals surface area contributed by atoms with Crippen LogP contribution < -0.4 is 11.5 Å². The van der Waals surface area contributed by atoms with E-state index in [1.54, 1.807) is 5.57 Å². The molecule has 4 aliphatic carbocycles. The average Bonchev–Trinajstić information content (AvgIpc) is 3.05. The van der Waals surface area contributed by atoms with Crippen LogP contribution >= 0.6 is 0 Å². The first-order valence-corrected chi connectivity index (χ1v) is 13.1. The summed E-state index contributed by atoms with van der Waals surface area (Å²) in [5, 5.41) is 10.2. The van der Waals surface area contributed by atoms with Crippen LogP contribution in [0.4, 0.5) is 0 Å². The first-order chi connectivity index (χ1) is 14.2. The molecule has 3 nitrogen and oxygen atoms in total. The second kappa shape index (κ2) is 8.52. The Bertz CT molecular complexity index is 645. The van der Waals surface area contributed by atoms with Crippen molar-refractivity contribution in [3.63, 3.8) is 0 Å². The third kappa shape index (κ3) is 3.82. The zero-order valence-electron chi connectivity index (χ0n) is 20.1. The molecule has 0 heterocycles. The summed E-state index contributed by atoms with van der Waals surface area (Å²) in [6, 6.07) is 0. The summed E-state index contributed by atoms with van der Waals surface area (Å²) in [5.41, 5.74) is 14.2. The Morgan fingerprint density at radius 2 is 1.80 bits per heavy atom. The third-order valence-electron chi connectivity index (χ3n) is 10.8. The zero-order valence-corrected chi connectivity index (χ0v) is 20.1. The maximum Gasteiger partial charge on any atom is 0.0577 e. The van der Waals surface area contributed by atoms with E-state index in [9.17, 15) is 5.11 Å². The molecule has 172 valence electrons. The Labute approximate surface area is 185 Å².